The fourth-order valence-electron chi connectivity index (χ4n) is 4.64. The van der Waals surface area contributed by atoms with E-state index in [2.05, 4.69) is 17.6 Å². The number of alkyl carbamates (subject to hydrolysis) is 1. The molecule has 1 aromatic rings. The Morgan fingerprint density at radius 2 is 1.78 bits per heavy atom. The summed E-state index contributed by atoms with van der Waals surface area (Å²) in [5.74, 6) is 0.317. The Bertz CT molecular complexity index is 891. The Balaban J connectivity index is 2.48. The first-order valence-corrected chi connectivity index (χ1v) is 15.0. The smallest absolute Gasteiger partial charge is 0.408 e. The molecule has 1 saturated carbocycles. The minimum Gasteiger partial charge on any atom is -0.444 e. The summed E-state index contributed by atoms with van der Waals surface area (Å²) in [6, 6.07) is 4.39. The number of aryl methyl sites for hydroxylation is 2. The van der Waals surface area contributed by atoms with Gasteiger partial charge in [-0.3, -0.25) is 9.59 Å². The van der Waals surface area contributed by atoms with Crippen LogP contribution in [0.1, 0.15) is 95.4 Å². The molecule has 1 aliphatic rings. The summed E-state index contributed by atoms with van der Waals surface area (Å²) in [5, 5.41) is 5.94. The lowest BCUT2D eigenvalue weighted by Gasteiger charge is -2.44. The zero-order valence-electron chi connectivity index (χ0n) is 23.8. The Kier molecular flexibility index (Phi) is 12.3. The van der Waals surface area contributed by atoms with E-state index in [1.54, 1.807) is 37.4 Å². The van der Waals surface area contributed by atoms with E-state index in [0.717, 1.165) is 55.2 Å². The highest BCUT2D eigenvalue weighted by Crippen LogP contribution is 2.36. The van der Waals surface area contributed by atoms with Crippen molar-refractivity contribution in [2.75, 3.05) is 18.6 Å². The van der Waals surface area contributed by atoms with Crippen LogP contribution >= 0.6 is 11.8 Å². The first-order chi connectivity index (χ1) is 17.5. The molecule has 2 atom stereocenters. The minimum absolute atomic E-state index is 0.0462. The van der Waals surface area contributed by atoms with Crippen molar-refractivity contribution in [3.8, 4) is 0 Å². The molecule has 3 amide bonds. The van der Waals surface area contributed by atoms with Crippen LogP contribution in [0.2, 0.25) is 0 Å². The second-order valence-electron chi connectivity index (χ2n) is 11.0. The van der Waals surface area contributed by atoms with Gasteiger partial charge in [-0.15, -0.1) is 0 Å². The highest BCUT2D eigenvalue weighted by atomic mass is 32.2. The van der Waals surface area contributed by atoms with E-state index in [4.69, 9.17) is 4.74 Å². The monoisotopic (exact) mass is 533 g/mol. The molecule has 0 saturated heterocycles. The molecule has 0 bridgehead atoms. The molecule has 1 aliphatic carbocycles. The van der Waals surface area contributed by atoms with E-state index in [1.807, 2.05) is 38.3 Å². The second-order valence-corrected chi connectivity index (χ2v) is 12.0. The molecule has 0 radical (unpaired) electrons. The molecule has 208 valence electrons. The van der Waals surface area contributed by atoms with E-state index in [-0.39, 0.29) is 17.9 Å². The first-order valence-electron chi connectivity index (χ1n) is 13.6. The number of carbonyl (C=O) groups excluding carboxylic acids is 3. The minimum atomic E-state index is -0.775. The Morgan fingerprint density at radius 3 is 2.30 bits per heavy atom. The van der Waals surface area contributed by atoms with Crippen molar-refractivity contribution in [1.82, 2.24) is 15.5 Å². The molecule has 2 unspecified atom stereocenters. The van der Waals surface area contributed by atoms with Crippen molar-refractivity contribution in [2.45, 2.75) is 110 Å². The number of thioether (sulfide) groups is 1. The van der Waals surface area contributed by atoms with Gasteiger partial charge in [-0.1, -0.05) is 38.0 Å². The molecule has 8 heteroatoms. The highest BCUT2D eigenvalue weighted by Gasteiger charge is 2.42. The van der Waals surface area contributed by atoms with Crippen LogP contribution in [-0.4, -0.2) is 59.0 Å². The van der Waals surface area contributed by atoms with Crippen LogP contribution in [0.4, 0.5) is 4.79 Å². The first kappa shape index (κ1) is 31.0. The van der Waals surface area contributed by atoms with Crippen molar-refractivity contribution >= 4 is 29.7 Å². The standard InChI is InChI=1S/C29H47N3O4S/c1-8-9-10-18-30-26(33)25(24-20(2)13-11-14-21(24)3)32(22-15-12-16-22)27(34)23(17-19-37-7)31-28(35)36-29(4,5)6/h11,13-14,22-23,25H,8-10,12,15-19H2,1-7H3,(H,30,33)(H,31,35). The molecular weight excluding hydrogens is 486 g/mol. The number of nitrogens with zero attached hydrogens (tertiary/aromatic N) is 1. The van der Waals surface area contributed by atoms with Crippen LogP contribution in [0.3, 0.4) is 0 Å². The molecule has 7 nitrogen and oxygen atoms in total. The summed E-state index contributed by atoms with van der Waals surface area (Å²) in [6.07, 6.45) is 7.52. The zero-order valence-corrected chi connectivity index (χ0v) is 24.6. The van der Waals surface area contributed by atoms with Gasteiger partial charge in [0.15, 0.2) is 0 Å². The third-order valence-corrected chi connectivity index (χ3v) is 7.39. The summed E-state index contributed by atoms with van der Waals surface area (Å²) in [6.45, 7) is 12.1. The second kappa shape index (κ2) is 14.6. The van der Waals surface area contributed by atoms with E-state index < -0.39 is 23.8 Å². The van der Waals surface area contributed by atoms with E-state index >= 15 is 0 Å². The van der Waals surface area contributed by atoms with E-state index in [9.17, 15) is 14.4 Å². The fourth-order valence-corrected chi connectivity index (χ4v) is 5.12. The van der Waals surface area contributed by atoms with Crippen molar-refractivity contribution in [3.05, 3.63) is 34.9 Å². The van der Waals surface area contributed by atoms with Crippen LogP contribution in [0.25, 0.3) is 0 Å². The van der Waals surface area contributed by atoms with Gasteiger partial charge in [-0.2, -0.15) is 11.8 Å². The molecule has 1 fully saturated rings. The van der Waals surface area contributed by atoms with E-state index in [1.165, 1.54) is 0 Å². The van der Waals surface area contributed by atoms with Crippen molar-refractivity contribution in [2.24, 2.45) is 0 Å². The van der Waals surface area contributed by atoms with Gasteiger partial charge in [0.25, 0.3) is 0 Å². The number of hydrogen-bond acceptors (Lipinski definition) is 5. The summed E-state index contributed by atoms with van der Waals surface area (Å²) in [5.41, 5.74) is 2.15. The van der Waals surface area contributed by atoms with Crippen molar-refractivity contribution < 1.29 is 19.1 Å². The third-order valence-electron chi connectivity index (χ3n) is 6.74. The van der Waals surface area contributed by atoms with Gasteiger partial charge in [-0.25, -0.2) is 4.79 Å². The number of rotatable bonds is 13. The topological polar surface area (TPSA) is 87.7 Å². The quantitative estimate of drug-likeness (QED) is 0.319. The largest absolute Gasteiger partial charge is 0.444 e. The predicted molar refractivity (Wildman–Crippen MR) is 152 cm³/mol. The van der Waals surface area contributed by atoms with E-state index in [0.29, 0.717) is 18.7 Å². The molecule has 37 heavy (non-hydrogen) atoms. The fraction of sp³-hybridized carbons (Fsp3) is 0.690. The number of benzene rings is 1. The van der Waals surface area contributed by atoms with Gasteiger partial charge >= 0.3 is 6.09 Å². The Hall–Kier alpha value is -2.22. The molecule has 0 aliphatic heterocycles. The average molecular weight is 534 g/mol. The Labute approximate surface area is 227 Å². The van der Waals surface area contributed by atoms with Crippen LogP contribution in [-0.2, 0) is 14.3 Å². The van der Waals surface area contributed by atoms with Gasteiger partial charge in [0.1, 0.15) is 17.7 Å². The van der Waals surface area contributed by atoms with Gasteiger partial charge in [0.05, 0.1) is 0 Å². The molecular formula is C29H47N3O4S. The maximum Gasteiger partial charge on any atom is 0.408 e. The number of carbonyl (C=O) groups is 3. The van der Waals surface area contributed by atoms with Crippen molar-refractivity contribution in [3.63, 3.8) is 0 Å². The maximum atomic E-state index is 14.3. The number of ether oxygens (including phenoxy) is 1. The third kappa shape index (κ3) is 9.24. The van der Waals surface area contributed by atoms with Crippen molar-refractivity contribution in [1.29, 1.82) is 0 Å². The molecule has 2 N–H and O–H groups in total. The summed E-state index contributed by atoms with van der Waals surface area (Å²) in [7, 11) is 0. The number of hydrogen-bond donors (Lipinski definition) is 2. The predicted octanol–water partition coefficient (Wildman–Crippen LogP) is 5.68. The van der Waals surface area contributed by atoms with Gasteiger partial charge in [-0.05, 0) is 95.4 Å². The van der Waals surface area contributed by atoms with Crippen LogP contribution in [0.15, 0.2) is 18.2 Å². The average Bonchev–Trinajstić information content (AvgIpc) is 2.77. The van der Waals surface area contributed by atoms with Crippen LogP contribution in [0, 0.1) is 13.8 Å². The Morgan fingerprint density at radius 1 is 1.14 bits per heavy atom. The maximum absolute atomic E-state index is 14.3. The number of unbranched alkanes of at least 4 members (excludes halogenated alkanes) is 2. The summed E-state index contributed by atoms with van der Waals surface area (Å²) in [4.78, 5) is 42.6. The lowest BCUT2D eigenvalue weighted by atomic mass is 9.86. The highest BCUT2D eigenvalue weighted by molar-refractivity contribution is 7.98. The zero-order chi connectivity index (χ0) is 27.6. The number of amides is 3. The lowest BCUT2D eigenvalue weighted by Crippen LogP contribution is -2.57. The lowest BCUT2D eigenvalue weighted by molar-refractivity contribution is -0.147. The normalized spacial score (nSPS) is 15.3. The number of nitrogens with one attached hydrogen (secondary N) is 2. The van der Waals surface area contributed by atoms with Crippen LogP contribution in [0.5, 0.6) is 0 Å². The van der Waals surface area contributed by atoms with Gasteiger partial charge in [0.2, 0.25) is 11.8 Å². The molecule has 0 heterocycles. The van der Waals surface area contributed by atoms with Gasteiger partial charge in [0, 0.05) is 12.6 Å². The summed E-state index contributed by atoms with van der Waals surface area (Å²) < 4.78 is 5.48. The van der Waals surface area contributed by atoms with Crippen LogP contribution < -0.4 is 10.6 Å². The molecule has 0 aromatic heterocycles. The van der Waals surface area contributed by atoms with Gasteiger partial charge < -0.3 is 20.3 Å². The SMILES string of the molecule is CCCCCNC(=O)C(c1c(C)cccc1C)N(C(=O)C(CCSC)NC(=O)OC(C)(C)C)C1CCC1. The molecule has 0 spiro atoms. The molecule has 2 rings (SSSR count). The summed E-state index contributed by atoms with van der Waals surface area (Å²) >= 11 is 1.62. The molecule has 1 aromatic carbocycles.